The van der Waals surface area contributed by atoms with Crippen LogP contribution in [0.1, 0.15) is 12.5 Å². The molecule has 0 aliphatic rings. The minimum absolute atomic E-state index is 0.464. The molecule has 0 aliphatic carbocycles. The number of hydrogen-bond donors (Lipinski definition) is 1. The van der Waals surface area contributed by atoms with Crippen LogP contribution in [0.15, 0.2) is 35.0 Å². The highest BCUT2D eigenvalue weighted by Crippen LogP contribution is 2.11. The minimum atomic E-state index is -0.464. The van der Waals surface area contributed by atoms with E-state index in [1.807, 2.05) is 24.0 Å². The monoisotopic (exact) mass is 314 g/mol. The Bertz CT molecular complexity index is 433. The third-order valence-corrected chi connectivity index (χ3v) is 2.84. The summed E-state index contributed by atoms with van der Waals surface area (Å²) in [4.78, 5) is 16.1. The molecule has 0 fully saturated rings. The maximum atomic E-state index is 10.5. The molecule has 7 heteroatoms. The Balaban J connectivity index is 2.83. The first-order chi connectivity index (χ1) is 8.56. The Labute approximate surface area is 114 Å². The van der Waals surface area contributed by atoms with E-state index in [-0.39, 0.29) is 0 Å². The lowest BCUT2D eigenvalue weighted by molar-refractivity contribution is -0.404. The van der Waals surface area contributed by atoms with Gasteiger partial charge in [0.2, 0.25) is 0 Å². The molecule has 0 aliphatic heterocycles. The van der Waals surface area contributed by atoms with Gasteiger partial charge >= 0.3 is 0 Å². The van der Waals surface area contributed by atoms with Gasteiger partial charge in [-0.05, 0) is 34.5 Å². The average Bonchev–Trinajstić information content (AvgIpc) is 2.35. The van der Waals surface area contributed by atoms with Gasteiger partial charge in [0.25, 0.3) is 6.20 Å². The van der Waals surface area contributed by atoms with Crippen LogP contribution in [0.4, 0.5) is 0 Å². The molecule has 98 valence electrons. The van der Waals surface area contributed by atoms with E-state index in [4.69, 9.17) is 0 Å². The number of rotatable bonds is 6. The Morgan fingerprint density at radius 1 is 1.67 bits per heavy atom. The van der Waals surface area contributed by atoms with Crippen molar-refractivity contribution in [2.45, 2.75) is 13.5 Å². The fourth-order valence-electron chi connectivity index (χ4n) is 1.49. The van der Waals surface area contributed by atoms with Crippen molar-refractivity contribution < 1.29 is 4.92 Å². The molecule has 1 aromatic rings. The molecule has 6 nitrogen and oxygen atoms in total. The molecule has 0 spiro atoms. The van der Waals surface area contributed by atoms with Gasteiger partial charge < -0.3 is 10.2 Å². The fourth-order valence-corrected chi connectivity index (χ4v) is 1.73. The summed E-state index contributed by atoms with van der Waals surface area (Å²) in [6.07, 6.45) is 2.71. The zero-order chi connectivity index (χ0) is 13.5. The highest BCUT2D eigenvalue weighted by molar-refractivity contribution is 9.10. The van der Waals surface area contributed by atoms with Crippen LogP contribution in [-0.2, 0) is 6.54 Å². The number of halogens is 1. The van der Waals surface area contributed by atoms with Gasteiger partial charge in [0, 0.05) is 26.3 Å². The van der Waals surface area contributed by atoms with Gasteiger partial charge in [-0.1, -0.05) is 6.07 Å². The summed E-state index contributed by atoms with van der Waals surface area (Å²) in [7, 11) is 1.66. The highest BCUT2D eigenvalue weighted by atomic mass is 79.9. The van der Waals surface area contributed by atoms with Gasteiger partial charge in [0.05, 0.1) is 4.92 Å². The first kappa shape index (κ1) is 14.4. The van der Waals surface area contributed by atoms with Crippen molar-refractivity contribution in [2.75, 3.05) is 13.6 Å². The lowest BCUT2D eigenvalue weighted by atomic mass is 10.2. The normalized spacial score (nSPS) is 11.2. The van der Waals surface area contributed by atoms with E-state index in [1.165, 1.54) is 0 Å². The molecule has 18 heavy (non-hydrogen) atoms. The van der Waals surface area contributed by atoms with Crippen molar-refractivity contribution in [3.05, 3.63) is 50.6 Å². The molecule has 0 bridgehead atoms. The molecule has 0 saturated heterocycles. The van der Waals surface area contributed by atoms with E-state index in [0.717, 1.165) is 16.4 Å². The van der Waals surface area contributed by atoms with Crippen LogP contribution in [0.3, 0.4) is 0 Å². The summed E-state index contributed by atoms with van der Waals surface area (Å²) in [5.41, 5.74) is 0.990. The molecule has 1 aromatic heterocycles. The topological polar surface area (TPSA) is 71.3 Å². The number of hydrogen-bond acceptors (Lipinski definition) is 5. The van der Waals surface area contributed by atoms with E-state index >= 15 is 0 Å². The highest BCUT2D eigenvalue weighted by Gasteiger charge is 2.10. The molecule has 0 aromatic carbocycles. The van der Waals surface area contributed by atoms with E-state index in [2.05, 4.69) is 26.2 Å². The van der Waals surface area contributed by atoms with Gasteiger partial charge in [-0.2, -0.15) is 0 Å². The van der Waals surface area contributed by atoms with Crippen LogP contribution in [0.2, 0.25) is 0 Å². The summed E-state index contributed by atoms with van der Waals surface area (Å²) in [6.45, 7) is 3.17. The van der Waals surface area contributed by atoms with Crippen molar-refractivity contribution in [3.63, 3.8) is 0 Å². The zero-order valence-electron chi connectivity index (χ0n) is 10.3. The van der Waals surface area contributed by atoms with Crippen molar-refractivity contribution in [1.82, 2.24) is 15.2 Å². The Morgan fingerprint density at radius 2 is 2.39 bits per heavy atom. The Morgan fingerprint density at radius 3 is 2.83 bits per heavy atom. The number of nitrogens with one attached hydrogen (secondary N) is 1. The standard InChI is InChI=1S/C11H15BrN4O2/c1-3-15(11(13-2)8-16(17)18)7-9-4-5-10(12)14-6-9/h4-6,8,13H,3,7H2,1-2H3/b11-8+. The molecule has 0 amide bonds. The van der Waals surface area contributed by atoms with Crippen molar-refractivity contribution in [3.8, 4) is 0 Å². The van der Waals surface area contributed by atoms with Crippen LogP contribution in [0.5, 0.6) is 0 Å². The molecule has 1 rings (SSSR count). The maximum Gasteiger partial charge on any atom is 0.274 e. The Kier molecular flexibility index (Phi) is 5.57. The summed E-state index contributed by atoms with van der Waals surface area (Å²) < 4.78 is 0.768. The van der Waals surface area contributed by atoms with Gasteiger partial charge in [0.1, 0.15) is 4.60 Å². The van der Waals surface area contributed by atoms with E-state index < -0.39 is 4.92 Å². The first-order valence-electron chi connectivity index (χ1n) is 5.45. The zero-order valence-corrected chi connectivity index (χ0v) is 11.8. The van der Waals surface area contributed by atoms with Gasteiger partial charge in [-0.3, -0.25) is 10.1 Å². The van der Waals surface area contributed by atoms with Crippen molar-refractivity contribution in [2.24, 2.45) is 0 Å². The smallest absolute Gasteiger partial charge is 0.274 e. The average molecular weight is 315 g/mol. The number of aromatic nitrogens is 1. The van der Waals surface area contributed by atoms with Gasteiger partial charge in [0.15, 0.2) is 5.82 Å². The van der Waals surface area contributed by atoms with Crippen LogP contribution < -0.4 is 5.32 Å². The molecule has 0 radical (unpaired) electrons. The summed E-state index contributed by atoms with van der Waals surface area (Å²) in [5.74, 6) is 0.477. The van der Waals surface area contributed by atoms with Gasteiger partial charge in [-0.15, -0.1) is 0 Å². The molecular formula is C11H15BrN4O2. The van der Waals surface area contributed by atoms with Crippen LogP contribution in [0, 0.1) is 10.1 Å². The SMILES string of the molecule is CCN(Cc1ccc(Br)nc1)/C(=C/[N+](=O)[O-])NC. The van der Waals surface area contributed by atoms with Crippen molar-refractivity contribution >= 4 is 15.9 Å². The molecule has 0 atom stereocenters. The molecule has 1 N–H and O–H groups in total. The first-order valence-corrected chi connectivity index (χ1v) is 6.24. The molecule has 1 heterocycles. The van der Waals surface area contributed by atoms with Crippen LogP contribution in [0.25, 0.3) is 0 Å². The summed E-state index contributed by atoms with van der Waals surface area (Å²) in [5, 5.41) is 13.4. The minimum Gasteiger partial charge on any atom is -0.370 e. The van der Waals surface area contributed by atoms with Gasteiger partial charge in [-0.25, -0.2) is 4.98 Å². The number of nitrogens with zero attached hydrogens (tertiary/aromatic N) is 3. The summed E-state index contributed by atoms with van der Waals surface area (Å²) >= 11 is 3.27. The molecular weight excluding hydrogens is 300 g/mol. The quantitative estimate of drug-likeness (QED) is 0.494. The third kappa shape index (κ3) is 4.33. The second-order valence-corrected chi connectivity index (χ2v) is 4.37. The van der Waals surface area contributed by atoms with E-state index in [1.54, 1.807) is 13.2 Å². The van der Waals surface area contributed by atoms with Crippen LogP contribution >= 0.6 is 15.9 Å². The fraction of sp³-hybridized carbons (Fsp3) is 0.364. The number of pyridine rings is 1. The maximum absolute atomic E-state index is 10.5. The lowest BCUT2D eigenvalue weighted by Gasteiger charge is -2.23. The predicted molar refractivity (Wildman–Crippen MR) is 72.2 cm³/mol. The second-order valence-electron chi connectivity index (χ2n) is 3.55. The predicted octanol–water partition coefficient (Wildman–Crippen LogP) is 1.96. The molecule has 0 unspecified atom stereocenters. The van der Waals surface area contributed by atoms with Crippen molar-refractivity contribution in [1.29, 1.82) is 0 Å². The van der Waals surface area contributed by atoms with E-state index in [0.29, 0.717) is 18.9 Å². The number of nitro groups is 1. The lowest BCUT2D eigenvalue weighted by Crippen LogP contribution is -2.30. The van der Waals surface area contributed by atoms with E-state index in [9.17, 15) is 10.1 Å². The summed E-state index contributed by atoms with van der Waals surface area (Å²) in [6, 6.07) is 3.78. The largest absolute Gasteiger partial charge is 0.370 e. The molecule has 0 saturated carbocycles. The Hall–Kier alpha value is -1.63. The van der Waals surface area contributed by atoms with Crippen LogP contribution in [-0.4, -0.2) is 28.4 Å². The second kappa shape index (κ2) is 6.95. The third-order valence-electron chi connectivity index (χ3n) is 2.37.